The van der Waals surface area contributed by atoms with Crippen molar-refractivity contribution in [3.05, 3.63) is 10.4 Å². The van der Waals surface area contributed by atoms with Crippen LogP contribution >= 0.6 is 0 Å². The molecule has 6 nitrogen and oxygen atoms in total. The molecule has 0 unspecified atom stereocenters. The van der Waals surface area contributed by atoms with Gasteiger partial charge in [0.15, 0.2) is 0 Å². The molecule has 74 valence electrons. The van der Waals surface area contributed by atoms with Crippen LogP contribution in [0.3, 0.4) is 0 Å². The monoisotopic (exact) mass is 185 g/mol. The third-order valence-electron chi connectivity index (χ3n) is 1.20. The fourth-order valence-corrected chi connectivity index (χ4v) is 0.710. The molecule has 13 heavy (non-hydrogen) atoms. The van der Waals surface area contributed by atoms with Crippen molar-refractivity contribution in [2.24, 2.45) is 5.11 Å². The smallest absolute Gasteiger partial charge is 0.314 e. The molecule has 2 N–H and O–H groups in total. The summed E-state index contributed by atoms with van der Waals surface area (Å²) in [4.78, 5) is 13.6. The van der Waals surface area contributed by atoms with Crippen molar-refractivity contribution in [1.29, 1.82) is 0 Å². The van der Waals surface area contributed by atoms with Crippen molar-refractivity contribution in [2.45, 2.75) is 26.3 Å². The summed E-state index contributed by atoms with van der Waals surface area (Å²) < 4.78 is 0. The van der Waals surface area contributed by atoms with Crippen LogP contribution in [0.5, 0.6) is 0 Å². The zero-order valence-corrected chi connectivity index (χ0v) is 7.95. The van der Waals surface area contributed by atoms with E-state index in [2.05, 4.69) is 20.7 Å². The number of rotatable bonds is 5. The van der Waals surface area contributed by atoms with E-state index in [-0.39, 0.29) is 12.1 Å². The Bertz CT molecular complexity index is 197. The lowest BCUT2D eigenvalue weighted by atomic mass is 10.4. The fraction of sp³-hybridized carbons (Fsp3) is 0.857. The maximum Gasteiger partial charge on any atom is 0.314 e. The maximum atomic E-state index is 11.0. The number of nitrogens with zero attached hydrogens (tertiary/aromatic N) is 3. The first-order valence-corrected chi connectivity index (χ1v) is 4.22. The summed E-state index contributed by atoms with van der Waals surface area (Å²) in [7, 11) is 0. The van der Waals surface area contributed by atoms with E-state index >= 15 is 0 Å². The van der Waals surface area contributed by atoms with E-state index in [4.69, 9.17) is 5.53 Å². The molecular formula is C7H15N5O. The molecule has 0 heterocycles. The van der Waals surface area contributed by atoms with Crippen LogP contribution in [0.4, 0.5) is 4.79 Å². The van der Waals surface area contributed by atoms with E-state index in [1.807, 2.05) is 13.8 Å². The van der Waals surface area contributed by atoms with Gasteiger partial charge in [0, 0.05) is 24.0 Å². The first-order chi connectivity index (χ1) is 6.16. The van der Waals surface area contributed by atoms with Crippen LogP contribution in [0, 0.1) is 0 Å². The number of hydrogen-bond donors (Lipinski definition) is 2. The van der Waals surface area contributed by atoms with E-state index in [0.29, 0.717) is 19.5 Å². The third-order valence-corrected chi connectivity index (χ3v) is 1.20. The highest BCUT2D eigenvalue weighted by Gasteiger charge is 1.99. The first-order valence-electron chi connectivity index (χ1n) is 4.22. The van der Waals surface area contributed by atoms with Crippen LogP contribution in [0.15, 0.2) is 5.11 Å². The number of amides is 2. The maximum absolute atomic E-state index is 11.0. The number of carbonyl (C=O) groups excluding carboxylic acids is 1. The highest BCUT2D eigenvalue weighted by molar-refractivity contribution is 5.73. The van der Waals surface area contributed by atoms with E-state index < -0.39 is 0 Å². The van der Waals surface area contributed by atoms with Gasteiger partial charge in [-0.05, 0) is 25.8 Å². The number of hydrogen-bond acceptors (Lipinski definition) is 2. The summed E-state index contributed by atoms with van der Waals surface area (Å²) in [5.74, 6) is 0. The van der Waals surface area contributed by atoms with Gasteiger partial charge in [-0.3, -0.25) is 0 Å². The number of urea groups is 1. The minimum absolute atomic E-state index is 0.136. The molecule has 0 aliphatic rings. The highest BCUT2D eigenvalue weighted by atomic mass is 16.2. The van der Waals surface area contributed by atoms with Gasteiger partial charge in [0.1, 0.15) is 0 Å². The van der Waals surface area contributed by atoms with Gasteiger partial charge in [-0.25, -0.2) is 4.79 Å². The molecule has 0 aliphatic carbocycles. The lowest BCUT2D eigenvalue weighted by molar-refractivity contribution is 0.238. The van der Waals surface area contributed by atoms with Gasteiger partial charge in [0.2, 0.25) is 0 Å². The predicted octanol–water partition coefficient (Wildman–Crippen LogP) is 1.39. The van der Waals surface area contributed by atoms with Crippen LogP contribution in [-0.2, 0) is 0 Å². The van der Waals surface area contributed by atoms with Gasteiger partial charge >= 0.3 is 6.03 Å². The minimum Gasteiger partial charge on any atom is -0.338 e. The molecule has 0 spiro atoms. The van der Waals surface area contributed by atoms with Gasteiger partial charge in [0.25, 0.3) is 0 Å². The quantitative estimate of drug-likeness (QED) is 0.288. The molecule has 6 heteroatoms. The number of azide groups is 1. The predicted molar refractivity (Wildman–Crippen MR) is 50.3 cm³/mol. The first kappa shape index (κ1) is 11.6. The Morgan fingerprint density at radius 2 is 2.31 bits per heavy atom. The summed E-state index contributed by atoms with van der Waals surface area (Å²) >= 11 is 0. The van der Waals surface area contributed by atoms with Crippen LogP contribution in [0.1, 0.15) is 20.3 Å². The molecule has 0 saturated heterocycles. The lowest BCUT2D eigenvalue weighted by Gasteiger charge is -2.08. The third kappa shape index (κ3) is 8.49. The fourth-order valence-electron chi connectivity index (χ4n) is 0.710. The molecule has 2 amide bonds. The Hall–Kier alpha value is -1.42. The molecule has 0 aromatic heterocycles. The highest BCUT2D eigenvalue weighted by Crippen LogP contribution is 1.80. The summed E-state index contributed by atoms with van der Waals surface area (Å²) in [6, 6.07) is -0.0481. The second-order valence-electron chi connectivity index (χ2n) is 2.86. The standard InChI is InChI=1S/C7H15N5O/c1-6(2)11-7(13)9-4-3-5-10-12-8/h6H,3-5H2,1-2H3,(H2,9,11,13). The van der Waals surface area contributed by atoms with Crippen LogP contribution in [0.25, 0.3) is 10.4 Å². The average Bonchev–Trinajstić information content (AvgIpc) is 2.02. The Balaban J connectivity index is 3.32. The zero-order chi connectivity index (χ0) is 10.1. The van der Waals surface area contributed by atoms with E-state index in [0.717, 1.165) is 0 Å². The summed E-state index contributed by atoms with van der Waals surface area (Å²) in [6.07, 6.45) is 0.662. The van der Waals surface area contributed by atoms with Gasteiger partial charge in [-0.15, -0.1) is 0 Å². The van der Waals surface area contributed by atoms with Crippen molar-refractivity contribution in [1.82, 2.24) is 10.6 Å². The number of carbonyl (C=O) groups is 1. The van der Waals surface area contributed by atoms with E-state index in [9.17, 15) is 4.79 Å². The van der Waals surface area contributed by atoms with Gasteiger partial charge in [0.05, 0.1) is 0 Å². The van der Waals surface area contributed by atoms with Crippen LogP contribution in [-0.4, -0.2) is 25.2 Å². The van der Waals surface area contributed by atoms with Gasteiger partial charge in [-0.2, -0.15) is 0 Å². The molecule has 0 aromatic rings. The molecule has 0 aromatic carbocycles. The van der Waals surface area contributed by atoms with Crippen molar-refractivity contribution < 1.29 is 4.79 Å². The Labute approximate surface area is 77.3 Å². The SMILES string of the molecule is CC(C)NC(=O)NCCCN=[N+]=[N-]. The van der Waals surface area contributed by atoms with E-state index in [1.54, 1.807) is 0 Å². The van der Waals surface area contributed by atoms with Gasteiger partial charge < -0.3 is 10.6 Å². The normalized spacial score (nSPS) is 9.15. The molecule has 0 atom stereocenters. The minimum atomic E-state index is -0.184. The van der Waals surface area contributed by atoms with Crippen molar-refractivity contribution in [2.75, 3.05) is 13.1 Å². The van der Waals surface area contributed by atoms with Crippen molar-refractivity contribution >= 4 is 6.03 Å². The molecule has 0 fully saturated rings. The molecular weight excluding hydrogens is 170 g/mol. The summed E-state index contributed by atoms with van der Waals surface area (Å²) in [5.41, 5.74) is 7.95. The Morgan fingerprint density at radius 3 is 2.85 bits per heavy atom. The largest absolute Gasteiger partial charge is 0.338 e. The van der Waals surface area contributed by atoms with E-state index in [1.165, 1.54) is 0 Å². The van der Waals surface area contributed by atoms with Crippen molar-refractivity contribution in [3.8, 4) is 0 Å². The molecule has 0 rings (SSSR count). The summed E-state index contributed by atoms with van der Waals surface area (Å²) in [6.45, 7) is 4.72. The molecule has 0 aliphatic heterocycles. The summed E-state index contributed by atoms with van der Waals surface area (Å²) in [5, 5.41) is 8.66. The average molecular weight is 185 g/mol. The molecule has 0 bridgehead atoms. The zero-order valence-electron chi connectivity index (χ0n) is 7.95. The molecule has 0 saturated carbocycles. The van der Waals surface area contributed by atoms with Gasteiger partial charge in [-0.1, -0.05) is 5.11 Å². The van der Waals surface area contributed by atoms with Crippen molar-refractivity contribution in [3.63, 3.8) is 0 Å². The second-order valence-corrected chi connectivity index (χ2v) is 2.86. The molecule has 0 radical (unpaired) electrons. The van der Waals surface area contributed by atoms with Crippen LogP contribution < -0.4 is 10.6 Å². The topological polar surface area (TPSA) is 89.9 Å². The second kappa shape index (κ2) is 7.24. The lowest BCUT2D eigenvalue weighted by Crippen LogP contribution is -2.39. The Kier molecular flexibility index (Phi) is 6.45. The van der Waals surface area contributed by atoms with Crippen LogP contribution in [0.2, 0.25) is 0 Å². The number of nitrogens with one attached hydrogen (secondary N) is 2. The Morgan fingerprint density at radius 1 is 1.62 bits per heavy atom.